The third kappa shape index (κ3) is 2.71. The van der Waals surface area contributed by atoms with E-state index in [1.807, 2.05) is 14.0 Å². The van der Waals surface area contributed by atoms with Crippen molar-refractivity contribution in [1.29, 1.82) is 0 Å². The van der Waals surface area contributed by atoms with E-state index in [0.717, 1.165) is 30.8 Å². The van der Waals surface area contributed by atoms with Gasteiger partial charge in [0.1, 0.15) is 5.15 Å². The molecule has 2 heterocycles. The van der Waals surface area contributed by atoms with E-state index in [9.17, 15) is 0 Å². The Kier molecular flexibility index (Phi) is 3.99. The first kappa shape index (κ1) is 13.8. The minimum Gasteiger partial charge on any atom is -0.373 e. The molecular weight excluding hydrogens is 250 g/mol. The van der Waals surface area contributed by atoms with Crippen LogP contribution in [0.25, 0.3) is 0 Å². The van der Waals surface area contributed by atoms with Crippen LogP contribution in [-0.4, -0.2) is 29.0 Å². The predicted molar refractivity (Wildman–Crippen MR) is 72.8 cm³/mol. The number of piperidine rings is 1. The minimum absolute atomic E-state index is 0.167. The zero-order valence-corrected chi connectivity index (χ0v) is 12.3. The number of hydrogen-bond acceptors (Lipinski definition) is 3. The monoisotopic (exact) mass is 271 g/mol. The summed E-state index contributed by atoms with van der Waals surface area (Å²) >= 11 is 6.21. The van der Waals surface area contributed by atoms with Crippen LogP contribution in [-0.2, 0) is 18.4 Å². The minimum atomic E-state index is 0.167. The molecule has 1 unspecified atom stereocenters. The fraction of sp³-hybridized carbons (Fsp3) is 0.769. The molecule has 0 aliphatic carbocycles. The second kappa shape index (κ2) is 5.19. The first-order valence-electron chi connectivity index (χ1n) is 6.42. The molecule has 1 aliphatic rings. The molecular formula is C13H22ClN3O. The summed E-state index contributed by atoms with van der Waals surface area (Å²) in [4.78, 5) is 0. The summed E-state index contributed by atoms with van der Waals surface area (Å²) in [5, 5.41) is 8.39. The molecule has 18 heavy (non-hydrogen) atoms. The Morgan fingerprint density at radius 1 is 1.56 bits per heavy atom. The number of ether oxygens (including phenoxy) is 1. The second-order valence-electron chi connectivity index (χ2n) is 5.73. The van der Waals surface area contributed by atoms with Crippen molar-refractivity contribution >= 4 is 11.6 Å². The molecule has 0 amide bonds. The van der Waals surface area contributed by atoms with Crippen molar-refractivity contribution in [1.82, 2.24) is 15.1 Å². The normalized spacial score (nSPS) is 23.3. The van der Waals surface area contributed by atoms with E-state index in [1.54, 1.807) is 4.68 Å². The molecule has 0 saturated carbocycles. The number of nitrogens with one attached hydrogen (secondary N) is 1. The van der Waals surface area contributed by atoms with Crippen LogP contribution < -0.4 is 5.32 Å². The van der Waals surface area contributed by atoms with Gasteiger partial charge in [-0.25, -0.2) is 0 Å². The average Bonchev–Trinajstić information content (AvgIpc) is 2.52. The van der Waals surface area contributed by atoms with E-state index < -0.39 is 0 Å². The highest BCUT2D eigenvalue weighted by atomic mass is 35.5. The molecule has 0 spiro atoms. The molecule has 0 aromatic carbocycles. The van der Waals surface area contributed by atoms with E-state index in [1.165, 1.54) is 0 Å². The van der Waals surface area contributed by atoms with Crippen LogP contribution in [0.3, 0.4) is 0 Å². The molecule has 1 saturated heterocycles. The Hall–Kier alpha value is -0.580. The zero-order valence-electron chi connectivity index (χ0n) is 11.6. The lowest BCUT2D eigenvalue weighted by molar-refractivity contribution is -0.0521. The lowest BCUT2D eigenvalue weighted by Crippen LogP contribution is -2.47. The van der Waals surface area contributed by atoms with Gasteiger partial charge in [-0.05, 0) is 19.9 Å². The van der Waals surface area contributed by atoms with Crippen molar-refractivity contribution in [2.45, 2.75) is 39.9 Å². The quantitative estimate of drug-likeness (QED) is 0.917. The Morgan fingerprint density at radius 2 is 2.28 bits per heavy atom. The molecule has 1 atom stereocenters. The first-order valence-corrected chi connectivity index (χ1v) is 6.80. The third-order valence-corrected chi connectivity index (χ3v) is 4.21. The van der Waals surface area contributed by atoms with Crippen molar-refractivity contribution in [2.75, 3.05) is 13.1 Å². The van der Waals surface area contributed by atoms with Gasteiger partial charge < -0.3 is 10.1 Å². The van der Waals surface area contributed by atoms with E-state index in [-0.39, 0.29) is 11.5 Å². The fourth-order valence-electron chi connectivity index (χ4n) is 2.48. The van der Waals surface area contributed by atoms with Crippen LogP contribution >= 0.6 is 11.6 Å². The summed E-state index contributed by atoms with van der Waals surface area (Å²) in [6, 6.07) is 0. The molecule has 1 aromatic rings. The SMILES string of the molecule is Cc1nn(C)c(Cl)c1COC1CCNCC1(C)C. The van der Waals surface area contributed by atoms with Gasteiger partial charge in [-0.2, -0.15) is 5.10 Å². The van der Waals surface area contributed by atoms with Crippen molar-refractivity contribution in [3.05, 3.63) is 16.4 Å². The first-order chi connectivity index (χ1) is 8.42. The van der Waals surface area contributed by atoms with Crippen LogP contribution in [0.1, 0.15) is 31.5 Å². The average molecular weight is 272 g/mol. The van der Waals surface area contributed by atoms with Crippen LogP contribution in [0.15, 0.2) is 0 Å². The van der Waals surface area contributed by atoms with Crippen molar-refractivity contribution in [3.63, 3.8) is 0 Å². The molecule has 4 nitrogen and oxygen atoms in total. The maximum Gasteiger partial charge on any atom is 0.132 e. The molecule has 1 fully saturated rings. The molecule has 5 heteroatoms. The van der Waals surface area contributed by atoms with Crippen LogP contribution in [0, 0.1) is 12.3 Å². The van der Waals surface area contributed by atoms with Crippen molar-refractivity contribution in [3.8, 4) is 0 Å². The van der Waals surface area contributed by atoms with E-state index in [2.05, 4.69) is 24.3 Å². The molecule has 2 rings (SSSR count). The van der Waals surface area contributed by atoms with Crippen LogP contribution in [0.4, 0.5) is 0 Å². The van der Waals surface area contributed by atoms with Gasteiger partial charge >= 0.3 is 0 Å². The van der Waals surface area contributed by atoms with Crippen LogP contribution in [0.5, 0.6) is 0 Å². The second-order valence-corrected chi connectivity index (χ2v) is 6.09. The van der Waals surface area contributed by atoms with Crippen molar-refractivity contribution < 1.29 is 4.74 Å². The number of nitrogens with zero attached hydrogens (tertiary/aromatic N) is 2. The van der Waals surface area contributed by atoms with Gasteiger partial charge in [0.15, 0.2) is 0 Å². The fourth-order valence-corrected chi connectivity index (χ4v) is 2.71. The number of rotatable bonds is 3. The highest BCUT2D eigenvalue weighted by Gasteiger charge is 2.33. The molecule has 1 aromatic heterocycles. The Bertz CT molecular complexity index is 428. The lowest BCUT2D eigenvalue weighted by Gasteiger charge is -2.38. The van der Waals surface area contributed by atoms with Gasteiger partial charge in [0, 0.05) is 24.6 Å². The molecule has 1 N–H and O–H groups in total. The summed E-state index contributed by atoms with van der Waals surface area (Å²) in [7, 11) is 1.85. The standard InChI is InChI=1S/C13H22ClN3O/c1-9-10(12(14)17(4)16-9)7-18-11-5-6-15-8-13(11,2)3/h11,15H,5-8H2,1-4H3. The maximum atomic E-state index is 6.21. The van der Waals surface area contributed by atoms with Gasteiger partial charge in [0.25, 0.3) is 0 Å². The lowest BCUT2D eigenvalue weighted by atomic mass is 9.82. The van der Waals surface area contributed by atoms with E-state index in [4.69, 9.17) is 16.3 Å². The summed E-state index contributed by atoms with van der Waals surface area (Å²) in [5.41, 5.74) is 2.13. The van der Waals surface area contributed by atoms with Gasteiger partial charge in [-0.1, -0.05) is 25.4 Å². The highest BCUT2D eigenvalue weighted by molar-refractivity contribution is 6.30. The molecule has 0 bridgehead atoms. The Labute approximate surface area is 114 Å². The maximum absolute atomic E-state index is 6.21. The Balaban J connectivity index is 2.03. The number of aromatic nitrogens is 2. The third-order valence-electron chi connectivity index (χ3n) is 3.73. The molecule has 0 radical (unpaired) electrons. The zero-order chi connectivity index (χ0) is 13.3. The van der Waals surface area contributed by atoms with Gasteiger partial charge in [0.05, 0.1) is 18.4 Å². The van der Waals surface area contributed by atoms with Gasteiger partial charge in [-0.3, -0.25) is 4.68 Å². The molecule has 102 valence electrons. The summed E-state index contributed by atoms with van der Waals surface area (Å²) in [5.74, 6) is 0. The number of halogens is 1. The largest absolute Gasteiger partial charge is 0.373 e. The highest BCUT2D eigenvalue weighted by Crippen LogP contribution is 2.29. The number of hydrogen-bond donors (Lipinski definition) is 1. The smallest absolute Gasteiger partial charge is 0.132 e. The van der Waals surface area contributed by atoms with Crippen molar-refractivity contribution in [2.24, 2.45) is 12.5 Å². The summed E-state index contributed by atoms with van der Waals surface area (Å²) < 4.78 is 7.78. The molecule has 1 aliphatic heterocycles. The van der Waals surface area contributed by atoms with Gasteiger partial charge in [0.2, 0.25) is 0 Å². The predicted octanol–water partition coefficient (Wildman–Crippen LogP) is 2.29. The number of aryl methyl sites for hydroxylation is 2. The topological polar surface area (TPSA) is 39.1 Å². The van der Waals surface area contributed by atoms with E-state index in [0.29, 0.717) is 11.8 Å². The van der Waals surface area contributed by atoms with Crippen LogP contribution in [0.2, 0.25) is 5.15 Å². The van der Waals surface area contributed by atoms with E-state index >= 15 is 0 Å². The Morgan fingerprint density at radius 3 is 2.83 bits per heavy atom. The van der Waals surface area contributed by atoms with Gasteiger partial charge in [-0.15, -0.1) is 0 Å². The summed E-state index contributed by atoms with van der Waals surface area (Å²) in [6.45, 7) is 9.01. The summed E-state index contributed by atoms with van der Waals surface area (Å²) in [6.07, 6.45) is 1.32.